The van der Waals surface area contributed by atoms with Crippen LogP contribution in [0.4, 0.5) is 4.39 Å². The van der Waals surface area contributed by atoms with Crippen molar-refractivity contribution in [2.24, 2.45) is 5.92 Å². The van der Waals surface area contributed by atoms with Gasteiger partial charge in [0.2, 0.25) is 10.0 Å². The first kappa shape index (κ1) is 19.7. The van der Waals surface area contributed by atoms with E-state index in [1.165, 1.54) is 22.6 Å². The van der Waals surface area contributed by atoms with Gasteiger partial charge in [-0.05, 0) is 48.6 Å². The molecule has 2 aromatic rings. The van der Waals surface area contributed by atoms with Gasteiger partial charge in [-0.25, -0.2) is 12.8 Å². The standard InChI is InChI=1S/C20H20FN3O4S/c1-13-4-3-9-23(11-13)29(27,28)17-10-15(21)7-6-14(17)12-24-19(25)16-5-2-8-22-18(16)20(24)26/h2,5-8,10,13H,3-4,9,11-12H2,1H3/t13-/m0/s1. The molecule has 2 aliphatic rings. The van der Waals surface area contributed by atoms with Crippen LogP contribution in [-0.4, -0.2) is 47.5 Å². The first-order valence-corrected chi connectivity index (χ1v) is 10.8. The number of aromatic nitrogens is 1. The Bertz CT molecular complexity index is 1070. The van der Waals surface area contributed by atoms with Crippen LogP contribution in [0.2, 0.25) is 0 Å². The molecule has 1 aromatic carbocycles. The Morgan fingerprint density at radius 1 is 1.21 bits per heavy atom. The molecule has 3 heterocycles. The van der Waals surface area contributed by atoms with Gasteiger partial charge in [0.15, 0.2) is 0 Å². The summed E-state index contributed by atoms with van der Waals surface area (Å²) in [5, 5.41) is 0. The smallest absolute Gasteiger partial charge is 0.268 e. The highest BCUT2D eigenvalue weighted by Crippen LogP contribution is 2.29. The number of piperidine rings is 1. The zero-order chi connectivity index (χ0) is 20.8. The van der Waals surface area contributed by atoms with Gasteiger partial charge in [-0.2, -0.15) is 4.31 Å². The molecule has 0 N–H and O–H groups in total. The number of carbonyl (C=O) groups excluding carboxylic acids is 2. The van der Waals surface area contributed by atoms with Gasteiger partial charge in [-0.3, -0.25) is 19.5 Å². The molecule has 1 aromatic heterocycles. The molecule has 0 saturated carbocycles. The highest BCUT2D eigenvalue weighted by Gasteiger charge is 2.38. The second kappa shape index (κ2) is 7.31. The maximum absolute atomic E-state index is 14.0. The van der Waals surface area contributed by atoms with E-state index < -0.39 is 27.7 Å². The third kappa shape index (κ3) is 3.44. The molecule has 0 spiro atoms. The summed E-state index contributed by atoms with van der Waals surface area (Å²) >= 11 is 0. The highest BCUT2D eigenvalue weighted by atomic mass is 32.2. The monoisotopic (exact) mass is 417 g/mol. The quantitative estimate of drug-likeness (QED) is 0.713. The van der Waals surface area contributed by atoms with Crippen molar-refractivity contribution < 1.29 is 22.4 Å². The maximum Gasteiger partial charge on any atom is 0.280 e. The molecule has 4 rings (SSSR count). The average Bonchev–Trinajstić information content (AvgIpc) is 2.94. The third-order valence-electron chi connectivity index (χ3n) is 5.33. The molecule has 9 heteroatoms. The van der Waals surface area contributed by atoms with Crippen molar-refractivity contribution in [1.29, 1.82) is 0 Å². The predicted molar refractivity (Wildman–Crippen MR) is 102 cm³/mol. The van der Waals surface area contributed by atoms with E-state index in [4.69, 9.17) is 0 Å². The van der Waals surface area contributed by atoms with E-state index in [0.717, 1.165) is 29.9 Å². The lowest BCUT2D eigenvalue weighted by Gasteiger charge is -2.30. The van der Waals surface area contributed by atoms with E-state index in [1.807, 2.05) is 6.92 Å². The van der Waals surface area contributed by atoms with Crippen LogP contribution in [-0.2, 0) is 16.6 Å². The second-order valence-electron chi connectivity index (χ2n) is 7.46. The molecule has 0 radical (unpaired) electrons. The number of hydrogen-bond acceptors (Lipinski definition) is 5. The lowest BCUT2D eigenvalue weighted by molar-refractivity contribution is 0.0639. The number of amides is 2. The fraction of sp³-hybridized carbons (Fsp3) is 0.350. The molecule has 1 atom stereocenters. The Balaban J connectivity index is 1.70. The average molecular weight is 417 g/mol. The SMILES string of the molecule is C[C@H]1CCCN(S(=O)(=O)c2cc(F)ccc2CN2C(=O)c3cccnc3C2=O)C1. The maximum atomic E-state index is 14.0. The number of imide groups is 1. The summed E-state index contributed by atoms with van der Waals surface area (Å²) in [7, 11) is -3.96. The van der Waals surface area contributed by atoms with E-state index in [-0.39, 0.29) is 34.2 Å². The lowest BCUT2D eigenvalue weighted by atomic mass is 10.0. The van der Waals surface area contributed by atoms with Crippen molar-refractivity contribution in [3.05, 3.63) is 59.2 Å². The Kier molecular flexibility index (Phi) is 4.95. The fourth-order valence-corrected chi connectivity index (χ4v) is 5.65. The zero-order valence-electron chi connectivity index (χ0n) is 15.8. The van der Waals surface area contributed by atoms with Gasteiger partial charge in [-0.1, -0.05) is 13.0 Å². The number of carbonyl (C=O) groups is 2. The number of sulfonamides is 1. The second-order valence-corrected chi connectivity index (χ2v) is 9.36. The van der Waals surface area contributed by atoms with Crippen molar-refractivity contribution in [1.82, 2.24) is 14.2 Å². The van der Waals surface area contributed by atoms with Gasteiger partial charge in [0.25, 0.3) is 11.8 Å². The van der Waals surface area contributed by atoms with Crippen molar-refractivity contribution in [3.8, 4) is 0 Å². The van der Waals surface area contributed by atoms with Crippen molar-refractivity contribution in [3.63, 3.8) is 0 Å². The zero-order valence-corrected chi connectivity index (χ0v) is 16.7. The molecule has 0 unspecified atom stereocenters. The third-order valence-corrected chi connectivity index (χ3v) is 7.27. The normalized spacial score (nSPS) is 20.2. The Labute approximate surface area is 168 Å². The van der Waals surface area contributed by atoms with Crippen LogP contribution >= 0.6 is 0 Å². The van der Waals surface area contributed by atoms with Gasteiger partial charge in [0.05, 0.1) is 17.0 Å². The Morgan fingerprint density at radius 3 is 2.72 bits per heavy atom. The summed E-state index contributed by atoms with van der Waals surface area (Å²) in [6.07, 6.45) is 3.08. The van der Waals surface area contributed by atoms with Crippen LogP contribution in [0.1, 0.15) is 46.2 Å². The van der Waals surface area contributed by atoms with Crippen molar-refractivity contribution in [2.75, 3.05) is 13.1 Å². The largest absolute Gasteiger partial charge is 0.280 e. The summed E-state index contributed by atoms with van der Waals surface area (Å²) in [6, 6.07) is 6.45. The summed E-state index contributed by atoms with van der Waals surface area (Å²) < 4.78 is 41.8. The van der Waals surface area contributed by atoms with Crippen LogP contribution in [0.3, 0.4) is 0 Å². The molecular weight excluding hydrogens is 397 g/mol. The van der Waals surface area contributed by atoms with Gasteiger partial charge in [0.1, 0.15) is 11.5 Å². The molecule has 0 bridgehead atoms. The number of fused-ring (bicyclic) bond motifs is 1. The van der Waals surface area contributed by atoms with E-state index in [0.29, 0.717) is 13.1 Å². The van der Waals surface area contributed by atoms with E-state index in [1.54, 1.807) is 6.07 Å². The molecule has 1 fully saturated rings. The number of nitrogens with zero attached hydrogens (tertiary/aromatic N) is 3. The van der Waals surface area contributed by atoms with Crippen molar-refractivity contribution in [2.45, 2.75) is 31.2 Å². The molecule has 152 valence electrons. The van der Waals surface area contributed by atoms with Crippen LogP contribution in [0.15, 0.2) is 41.4 Å². The number of halogens is 1. The minimum absolute atomic E-state index is 0.0360. The number of hydrogen-bond donors (Lipinski definition) is 0. The summed E-state index contributed by atoms with van der Waals surface area (Å²) in [4.78, 5) is 29.9. The van der Waals surface area contributed by atoms with Gasteiger partial charge < -0.3 is 0 Å². The van der Waals surface area contributed by atoms with Crippen LogP contribution in [0.5, 0.6) is 0 Å². The van der Waals surface area contributed by atoms with Gasteiger partial charge in [0, 0.05) is 19.3 Å². The highest BCUT2D eigenvalue weighted by molar-refractivity contribution is 7.89. The topological polar surface area (TPSA) is 87.7 Å². The number of pyridine rings is 1. The lowest BCUT2D eigenvalue weighted by Crippen LogP contribution is -2.40. The van der Waals surface area contributed by atoms with Gasteiger partial charge >= 0.3 is 0 Å². The molecule has 2 amide bonds. The summed E-state index contributed by atoms with van der Waals surface area (Å²) in [6.45, 7) is 2.42. The number of rotatable bonds is 4. The minimum atomic E-state index is -3.96. The van der Waals surface area contributed by atoms with Crippen LogP contribution < -0.4 is 0 Å². The van der Waals surface area contributed by atoms with Gasteiger partial charge in [-0.15, -0.1) is 0 Å². The van der Waals surface area contributed by atoms with E-state index in [9.17, 15) is 22.4 Å². The molecule has 1 saturated heterocycles. The van der Waals surface area contributed by atoms with Crippen LogP contribution in [0, 0.1) is 11.7 Å². The Morgan fingerprint density at radius 2 is 2.00 bits per heavy atom. The van der Waals surface area contributed by atoms with E-state index >= 15 is 0 Å². The van der Waals surface area contributed by atoms with Crippen molar-refractivity contribution >= 4 is 21.8 Å². The van der Waals surface area contributed by atoms with E-state index in [2.05, 4.69) is 4.98 Å². The minimum Gasteiger partial charge on any atom is -0.268 e. The fourth-order valence-electron chi connectivity index (χ4n) is 3.83. The van der Waals surface area contributed by atoms with Crippen LogP contribution in [0.25, 0.3) is 0 Å². The molecule has 7 nitrogen and oxygen atoms in total. The number of benzene rings is 1. The first-order valence-electron chi connectivity index (χ1n) is 9.39. The molecule has 2 aliphatic heterocycles. The summed E-state index contributed by atoms with van der Waals surface area (Å²) in [5.41, 5.74) is 0.405. The molecular formula is C20H20FN3O4S. The predicted octanol–water partition coefficient (Wildman–Crippen LogP) is 2.44. The molecule has 0 aliphatic carbocycles. The Hall–Kier alpha value is -2.65. The molecule has 29 heavy (non-hydrogen) atoms. The summed E-state index contributed by atoms with van der Waals surface area (Å²) in [5.74, 6) is -1.62. The first-order chi connectivity index (χ1) is 13.8.